The van der Waals surface area contributed by atoms with Gasteiger partial charge in [-0.15, -0.1) is 0 Å². The van der Waals surface area contributed by atoms with Crippen molar-refractivity contribution < 1.29 is 0 Å². The minimum atomic E-state index is -0.595. The van der Waals surface area contributed by atoms with Gasteiger partial charge in [-0.1, -0.05) is 0 Å². The molecule has 4 aromatic rings. The summed E-state index contributed by atoms with van der Waals surface area (Å²) in [6, 6.07) is 0. The molecule has 0 fully saturated rings. The van der Waals surface area contributed by atoms with E-state index < -0.39 is 11.2 Å². The van der Waals surface area contributed by atoms with E-state index in [4.69, 9.17) is 0 Å². The second-order valence-electron chi connectivity index (χ2n) is 4.18. The third-order valence-electron chi connectivity index (χ3n) is 2.97. The lowest BCUT2D eigenvalue weighted by molar-refractivity contribution is 0.946. The van der Waals surface area contributed by atoms with Crippen molar-refractivity contribution in [3.63, 3.8) is 0 Å². The molecule has 0 saturated carbocycles. The molecule has 0 saturated heterocycles. The van der Waals surface area contributed by atoms with Crippen molar-refractivity contribution in [3.8, 4) is 11.4 Å². The molecule has 0 amide bonds. The molecule has 0 bridgehead atoms. The Balaban J connectivity index is 2.05. The highest BCUT2D eigenvalue weighted by Crippen LogP contribution is 2.21. The maximum atomic E-state index is 11.7. The van der Waals surface area contributed by atoms with Crippen LogP contribution >= 0.6 is 0 Å². The van der Waals surface area contributed by atoms with Crippen molar-refractivity contribution in [3.05, 3.63) is 45.6 Å². The van der Waals surface area contributed by atoms with E-state index in [-0.39, 0.29) is 11.2 Å². The number of fused-ring (bicyclic) bond motifs is 2. The van der Waals surface area contributed by atoms with Crippen LogP contribution in [0.25, 0.3) is 28.1 Å². The monoisotopic (exact) mass is 269 g/mol. The van der Waals surface area contributed by atoms with Crippen molar-refractivity contribution >= 4 is 16.7 Å². The maximum absolute atomic E-state index is 11.7. The summed E-state index contributed by atoms with van der Waals surface area (Å²) in [6.07, 6.45) is 6.57. The molecule has 0 radical (unpaired) electrons. The Kier molecular flexibility index (Phi) is 1.94. The molecule has 4 rings (SSSR count). The van der Waals surface area contributed by atoms with Crippen LogP contribution in [-0.4, -0.2) is 34.5 Å². The van der Waals surface area contributed by atoms with Gasteiger partial charge >= 0.3 is 5.69 Å². The number of H-pyrrole nitrogens is 3. The number of aromatic amines is 3. The lowest BCUT2D eigenvalue weighted by Gasteiger charge is -1.93. The third kappa shape index (κ3) is 1.40. The summed E-state index contributed by atoms with van der Waals surface area (Å²) in [4.78, 5) is 38.6. The van der Waals surface area contributed by atoms with Gasteiger partial charge in [0.2, 0.25) is 0 Å². The van der Waals surface area contributed by atoms with Crippen LogP contribution in [-0.2, 0) is 0 Å². The molecule has 0 atom stereocenters. The van der Waals surface area contributed by atoms with Crippen LogP contribution in [0.15, 0.2) is 34.4 Å². The molecule has 20 heavy (non-hydrogen) atoms. The second kappa shape index (κ2) is 3.63. The molecule has 0 aliphatic carbocycles. The van der Waals surface area contributed by atoms with E-state index >= 15 is 0 Å². The third-order valence-corrected chi connectivity index (χ3v) is 2.97. The summed E-state index contributed by atoms with van der Waals surface area (Å²) in [7, 11) is 0. The van der Waals surface area contributed by atoms with E-state index in [9.17, 15) is 9.59 Å². The Morgan fingerprint density at radius 3 is 2.90 bits per heavy atom. The predicted octanol–water partition coefficient (Wildman–Crippen LogP) is -0.351. The van der Waals surface area contributed by atoms with Crippen molar-refractivity contribution in [2.75, 3.05) is 0 Å². The van der Waals surface area contributed by atoms with Gasteiger partial charge < -0.3 is 4.98 Å². The van der Waals surface area contributed by atoms with Gasteiger partial charge in [-0.05, 0) is 0 Å². The highest BCUT2D eigenvalue weighted by atomic mass is 16.2. The van der Waals surface area contributed by atoms with Gasteiger partial charge in [-0.2, -0.15) is 5.10 Å². The molecule has 9 heteroatoms. The van der Waals surface area contributed by atoms with Crippen LogP contribution in [0.4, 0.5) is 0 Å². The zero-order valence-corrected chi connectivity index (χ0v) is 9.91. The van der Waals surface area contributed by atoms with Gasteiger partial charge in [-0.25, -0.2) is 14.3 Å². The minimum Gasteiger partial charge on any atom is -0.332 e. The molecule has 0 unspecified atom stereocenters. The van der Waals surface area contributed by atoms with E-state index in [2.05, 4.69) is 30.0 Å². The summed E-state index contributed by atoms with van der Waals surface area (Å²) < 4.78 is 1.64. The van der Waals surface area contributed by atoms with Crippen LogP contribution in [0.3, 0.4) is 0 Å². The minimum absolute atomic E-state index is 0.206. The summed E-state index contributed by atoms with van der Waals surface area (Å²) in [5, 5.41) is 4.16. The first-order valence-corrected chi connectivity index (χ1v) is 5.72. The SMILES string of the molecule is O=c1[nH]c(=O)c2[nH]c(-c3cnn4ccncc34)nc2[nH]1. The number of imidazole rings is 1. The molecule has 0 spiro atoms. The maximum Gasteiger partial charge on any atom is 0.327 e. The zero-order valence-electron chi connectivity index (χ0n) is 9.91. The average molecular weight is 269 g/mol. The van der Waals surface area contributed by atoms with Gasteiger partial charge in [0, 0.05) is 12.4 Å². The lowest BCUT2D eigenvalue weighted by atomic mass is 10.3. The number of hydrogen-bond acceptors (Lipinski definition) is 5. The number of rotatable bonds is 1. The van der Waals surface area contributed by atoms with E-state index in [1.54, 1.807) is 29.3 Å². The molecular weight excluding hydrogens is 262 g/mol. The molecule has 9 nitrogen and oxygen atoms in total. The largest absolute Gasteiger partial charge is 0.332 e. The summed E-state index contributed by atoms with van der Waals surface area (Å²) >= 11 is 0. The van der Waals surface area contributed by atoms with Crippen LogP contribution in [0, 0.1) is 0 Å². The lowest BCUT2D eigenvalue weighted by Crippen LogP contribution is -2.21. The summed E-state index contributed by atoms with van der Waals surface area (Å²) in [5.41, 5.74) is 0.735. The Labute approximate surface area is 109 Å². The molecule has 4 aromatic heterocycles. The Morgan fingerprint density at radius 1 is 1.10 bits per heavy atom. The fourth-order valence-electron chi connectivity index (χ4n) is 2.08. The van der Waals surface area contributed by atoms with Gasteiger partial charge in [0.25, 0.3) is 5.56 Å². The summed E-state index contributed by atoms with van der Waals surface area (Å²) in [5.74, 6) is 0.440. The highest BCUT2D eigenvalue weighted by molar-refractivity contribution is 5.81. The van der Waals surface area contributed by atoms with E-state index in [0.29, 0.717) is 11.4 Å². The fraction of sp³-hybridized carbons (Fsp3) is 0. The first-order valence-electron chi connectivity index (χ1n) is 5.72. The molecule has 98 valence electrons. The molecular formula is C11H7N7O2. The molecule has 0 aliphatic rings. The summed E-state index contributed by atoms with van der Waals surface area (Å²) in [6.45, 7) is 0. The van der Waals surface area contributed by atoms with E-state index in [0.717, 1.165) is 5.52 Å². The number of nitrogens with one attached hydrogen (secondary N) is 3. The van der Waals surface area contributed by atoms with E-state index in [1.165, 1.54) is 0 Å². The Morgan fingerprint density at radius 2 is 2.00 bits per heavy atom. The standard InChI is InChI=1S/C11H7N7O2/c19-10-7-9(16-11(20)17-10)15-8(14-7)5-3-13-18-2-1-12-4-6(5)18/h1-4H,(H3,14,15,16,17,19,20). The molecule has 0 aliphatic heterocycles. The Hall–Kier alpha value is -3.23. The van der Waals surface area contributed by atoms with Crippen molar-refractivity contribution in [2.45, 2.75) is 0 Å². The average Bonchev–Trinajstić information content (AvgIpc) is 3.01. The first-order chi connectivity index (χ1) is 9.72. The van der Waals surface area contributed by atoms with Crippen molar-refractivity contribution in [2.24, 2.45) is 0 Å². The normalized spacial score (nSPS) is 11.4. The van der Waals surface area contributed by atoms with Gasteiger partial charge in [0.05, 0.1) is 23.5 Å². The predicted molar refractivity (Wildman–Crippen MR) is 69.3 cm³/mol. The zero-order chi connectivity index (χ0) is 13.7. The first kappa shape index (κ1) is 10.7. The molecule has 3 N–H and O–H groups in total. The van der Waals surface area contributed by atoms with Gasteiger partial charge in [-0.3, -0.25) is 19.7 Å². The van der Waals surface area contributed by atoms with Crippen LogP contribution in [0.1, 0.15) is 0 Å². The van der Waals surface area contributed by atoms with Crippen molar-refractivity contribution in [1.29, 1.82) is 0 Å². The number of nitrogens with zero attached hydrogens (tertiary/aromatic N) is 4. The van der Waals surface area contributed by atoms with Crippen LogP contribution < -0.4 is 11.2 Å². The topological polar surface area (TPSA) is 125 Å². The molecule has 4 heterocycles. The van der Waals surface area contributed by atoms with Crippen molar-refractivity contribution in [1.82, 2.24) is 34.5 Å². The quantitative estimate of drug-likeness (QED) is 0.435. The smallest absolute Gasteiger partial charge is 0.327 e. The van der Waals surface area contributed by atoms with E-state index in [1.807, 2.05) is 0 Å². The Bertz CT molecular complexity index is 1050. The number of aromatic nitrogens is 7. The van der Waals surface area contributed by atoms with Gasteiger partial charge in [0.1, 0.15) is 11.3 Å². The fourth-order valence-corrected chi connectivity index (χ4v) is 2.08. The molecule has 0 aromatic carbocycles. The highest BCUT2D eigenvalue weighted by Gasteiger charge is 2.13. The number of hydrogen-bond donors (Lipinski definition) is 3. The van der Waals surface area contributed by atoms with Gasteiger partial charge in [0.15, 0.2) is 5.65 Å². The van der Waals surface area contributed by atoms with Crippen LogP contribution in [0.5, 0.6) is 0 Å². The second-order valence-corrected chi connectivity index (χ2v) is 4.18. The van der Waals surface area contributed by atoms with Crippen LogP contribution in [0.2, 0.25) is 0 Å².